The summed E-state index contributed by atoms with van der Waals surface area (Å²) >= 11 is -1.86. The number of aryl methyl sites for hydroxylation is 2. The molecule has 7 heteroatoms. The maximum atomic E-state index is 6.47. The molecule has 0 amide bonds. The van der Waals surface area contributed by atoms with E-state index in [1.807, 2.05) is 43.3 Å². The first-order chi connectivity index (χ1) is 28.7. The van der Waals surface area contributed by atoms with Crippen molar-refractivity contribution in [2.45, 2.75) is 77.6 Å². The minimum absolute atomic E-state index is 0. The van der Waals surface area contributed by atoms with E-state index >= 15 is 0 Å². The topological polar surface area (TPSA) is 56.7 Å². The standard InChI is InChI=1S/C36H30N3O.C18H24GeN.Ir/c1-22-15-18-27(33-32(22)26-19-16-23(2)37-35(26)40-33)34-38-29-13-9-10-14-31(29)39(34)30-20-17-25(21-28(30)36(3,4)5)24-11-7-6-8-12-24;1-14(2)11-16-12-18(15-9-7-6-8-10-15)20-13-17(16)19(3,4)5;/h6-17,19-21H,1-5H3;6-9,12-14H,11H2,1-5H3;/q2*-1;. The molecule has 311 valence electrons. The maximum absolute atomic E-state index is 6.47. The second-order valence-electron chi connectivity index (χ2n) is 18.4. The summed E-state index contributed by atoms with van der Waals surface area (Å²) in [4.78, 5) is 14.6. The molecule has 0 fully saturated rings. The van der Waals surface area contributed by atoms with Crippen LogP contribution in [0.5, 0.6) is 0 Å². The number of aromatic nitrogens is 4. The van der Waals surface area contributed by atoms with Gasteiger partial charge in [0, 0.05) is 36.9 Å². The van der Waals surface area contributed by atoms with E-state index in [0.717, 1.165) is 73.4 Å². The van der Waals surface area contributed by atoms with Crippen molar-refractivity contribution in [2.24, 2.45) is 5.92 Å². The van der Waals surface area contributed by atoms with Crippen LogP contribution in [-0.2, 0) is 31.9 Å². The summed E-state index contributed by atoms with van der Waals surface area (Å²) in [5.41, 5.74) is 14.5. The number of furan rings is 1. The molecule has 4 heterocycles. The zero-order valence-corrected chi connectivity index (χ0v) is 41.4. The fraction of sp³-hybridized carbons (Fsp3) is 0.241. The Balaban J connectivity index is 0.000000226. The summed E-state index contributed by atoms with van der Waals surface area (Å²) in [5, 5.41) is 2.07. The first-order valence-electron chi connectivity index (χ1n) is 21.0. The average molecular weight is 1040 g/mol. The van der Waals surface area contributed by atoms with Gasteiger partial charge in [0.2, 0.25) is 5.71 Å². The van der Waals surface area contributed by atoms with Crippen LogP contribution in [0.3, 0.4) is 0 Å². The fourth-order valence-electron chi connectivity index (χ4n) is 8.18. The van der Waals surface area contributed by atoms with Crippen molar-refractivity contribution in [2.75, 3.05) is 0 Å². The van der Waals surface area contributed by atoms with Gasteiger partial charge in [0.15, 0.2) is 0 Å². The minimum atomic E-state index is -1.86. The van der Waals surface area contributed by atoms with E-state index in [9.17, 15) is 0 Å². The third-order valence-electron chi connectivity index (χ3n) is 11.1. The van der Waals surface area contributed by atoms with Crippen LogP contribution in [-0.4, -0.2) is 32.8 Å². The van der Waals surface area contributed by atoms with Crippen molar-refractivity contribution in [1.29, 1.82) is 0 Å². The van der Waals surface area contributed by atoms with E-state index in [1.54, 1.807) is 4.40 Å². The van der Waals surface area contributed by atoms with Crippen LogP contribution >= 0.6 is 0 Å². The monoisotopic (exact) mass is 1040 g/mol. The number of hydrogen-bond acceptors (Lipinski definition) is 4. The quantitative estimate of drug-likeness (QED) is 0.118. The van der Waals surface area contributed by atoms with E-state index in [0.29, 0.717) is 11.6 Å². The Hall–Kier alpha value is -5.14. The maximum Gasteiger partial charge on any atom is 0.216 e. The Kier molecular flexibility index (Phi) is 12.7. The molecule has 0 unspecified atom stereocenters. The van der Waals surface area contributed by atoms with Gasteiger partial charge in [0.25, 0.3) is 0 Å². The summed E-state index contributed by atoms with van der Waals surface area (Å²) in [6.07, 6.45) is 3.27. The predicted molar refractivity (Wildman–Crippen MR) is 254 cm³/mol. The third kappa shape index (κ3) is 9.09. The zero-order valence-electron chi connectivity index (χ0n) is 36.9. The van der Waals surface area contributed by atoms with Gasteiger partial charge in [-0.2, -0.15) is 0 Å². The van der Waals surface area contributed by atoms with Crippen LogP contribution in [0.2, 0.25) is 17.3 Å². The number of pyridine rings is 2. The van der Waals surface area contributed by atoms with Crippen molar-refractivity contribution in [3.05, 3.63) is 162 Å². The largest absolute Gasteiger partial charge is 0.486 e. The first-order valence-corrected chi connectivity index (χ1v) is 28.4. The number of rotatable bonds is 7. The summed E-state index contributed by atoms with van der Waals surface area (Å²) in [6.45, 7) is 15.5. The number of para-hydroxylation sites is 2. The van der Waals surface area contributed by atoms with Crippen LogP contribution in [0.25, 0.3) is 72.6 Å². The number of fused-ring (bicyclic) bond motifs is 4. The molecule has 0 bridgehead atoms. The van der Waals surface area contributed by atoms with E-state index in [1.165, 1.54) is 22.3 Å². The van der Waals surface area contributed by atoms with Crippen molar-refractivity contribution in [1.82, 2.24) is 19.5 Å². The molecule has 5 aromatic carbocycles. The molecule has 0 N–H and O–H groups in total. The molecule has 0 aliphatic carbocycles. The van der Waals surface area contributed by atoms with E-state index in [-0.39, 0.29) is 25.5 Å². The van der Waals surface area contributed by atoms with Gasteiger partial charge in [0.1, 0.15) is 0 Å². The second-order valence-corrected chi connectivity index (χ2v) is 29.0. The molecular weight excluding hydrogens is 985 g/mol. The molecule has 5 nitrogen and oxygen atoms in total. The van der Waals surface area contributed by atoms with Crippen LogP contribution in [0.15, 0.2) is 132 Å². The van der Waals surface area contributed by atoms with Crippen LogP contribution in [0.1, 0.15) is 57.0 Å². The summed E-state index contributed by atoms with van der Waals surface area (Å²) in [6, 6.07) is 49.0. The molecule has 0 saturated heterocycles. The molecule has 0 aliphatic rings. The Morgan fingerprint density at radius 2 is 1.52 bits per heavy atom. The molecule has 61 heavy (non-hydrogen) atoms. The predicted octanol–water partition coefficient (Wildman–Crippen LogP) is 13.7. The average Bonchev–Trinajstić information content (AvgIpc) is 3.80. The van der Waals surface area contributed by atoms with Crippen LogP contribution in [0.4, 0.5) is 0 Å². The summed E-state index contributed by atoms with van der Waals surface area (Å²) in [7, 11) is 0. The smallest absolute Gasteiger partial charge is 0.216 e. The van der Waals surface area contributed by atoms with Crippen LogP contribution in [0, 0.1) is 31.9 Å². The number of imidazole rings is 1. The first kappa shape index (κ1) is 43.9. The molecule has 9 rings (SSSR count). The summed E-state index contributed by atoms with van der Waals surface area (Å²) in [5.74, 6) is 8.80. The molecular formula is C54H54GeIrN4O-2. The molecule has 0 saturated carbocycles. The fourth-order valence-corrected chi connectivity index (χ4v) is 11.5. The van der Waals surface area contributed by atoms with E-state index in [2.05, 4.69) is 172 Å². The Morgan fingerprint density at radius 1 is 0.787 bits per heavy atom. The number of hydrogen-bond donors (Lipinski definition) is 0. The van der Waals surface area contributed by atoms with E-state index in [4.69, 9.17) is 14.4 Å². The number of nitrogens with zero attached hydrogens (tertiary/aromatic N) is 4. The summed E-state index contributed by atoms with van der Waals surface area (Å²) < 4.78 is 10.3. The molecule has 0 atom stereocenters. The van der Waals surface area contributed by atoms with Crippen molar-refractivity contribution in [3.8, 4) is 39.5 Å². The Labute approximate surface area is 377 Å². The minimum Gasteiger partial charge on any atom is -0.486 e. The third-order valence-corrected chi connectivity index (χ3v) is 15.4. The van der Waals surface area contributed by atoms with Crippen molar-refractivity contribution in [3.63, 3.8) is 0 Å². The SMILES string of the molecule is CC(C)Cc1cc(-c2[c-]cccc2)nc[c]1[Ge]([CH3])([CH3])[CH3].Cc1ccc2c(n1)oc1c(-c3nc4ccccc4n3-c3ccc(-c4ccccc4)cc3C(C)(C)C)[c-]cc(C)c12.[Ir]. The molecule has 4 aromatic heterocycles. The van der Waals surface area contributed by atoms with Gasteiger partial charge in [0.05, 0.1) is 22.4 Å². The molecule has 9 aromatic rings. The van der Waals surface area contributed by atoms with Gasteiger partial charge in [-0.05, 0) is 65.4 Å². The molecule has 0 aliphatic heterocycles. The van der Waals surface area contributed by atoms with Gasteiger partial charge >= 0.3 is 126 Å². The molecule has 1 radical (unpaired) electrons. The van der Waals surface area contributed by atoms with Gasteiger partial charge in [-0.3, -0.25) is 4.98 Å². The Morgan fingerprint density at radius 3 is 2.23 bits per heavy atom. The molecule has 0 spiro atoms. The van der Waals surface area contributed by atoms with E-state index < -0.39 is 13.3 Å². The van der Waals surface area contributed by atoms with Gasteiger partial charge in [-0.1, -0.05) is 87.2 Å². The van der Waals surface area contributed by atoms with Crippen molar-refractivity contribution >= 4 is 50.8 Å². The van der Waals surface area contributed by atoms with Gasteiger partial charge in [-0.15, -0.1) is 17.7 Å². The Bertz CT molecular complexity index is 2970. The number of benzene rings is 5. The normalized spacial score (nSPS) is 11.9. The second kappa shape index (κ2) is 17.7. The van der Waals surface area contributed by atoms with Gasteiger partial charge < -0.3 is 8.98 Å². The van der Waals surface area contributed by atoms with Crippen molar-refractivity contribution < 1.29 is 24.5 Å². The zero-order chi connectivity index (χ0) is 42.3. The van der Waals surface area contributed by atoms with Crippen LogP contribution < -0.4 is 4.40 Å². The van der Waals surface area contributed by atoms with Gasteiger partial charge in [-0.25, -0.2) is 4.98 Å².